The molecule has 2 rings (SSSR count). The van der Waals surface area contributed by atoms with Crippen molar-refractivity contribution < 1.29 is 24.5 Å². The van der Waals surface area contributed by atoms with Gasteiger partial charge in [-0.3, -0.25) is 4.79 Å². The van der Waals surface area contributed by atoms with Gasteiger partial charge in [0.05, 0.1) is 15.7 Å². The number of rotatable bonds is 5. The van der Waals surface area contributed by atoms with Gasteiger partial charge in [0.1, 0.15) is 11.5 Å². The molecular formula is C16H13BrClNO5. The maximum atomic E-state index is 12.3. The lowest BCUT2D eigenvalue weighted by Gasteiger charge is -2.12. The molecule has 0 fully saturated rings. The zero-order valence-electron chi connectivity index (χ0n) is 12.5. The SMILES string of the molecule is Cc1cc(OCC(=O)c2cc(O)cc(C(=O)O)c2N)c(Br)cc1Cl. The molecule has 0 heterocycles. The number of phenols is 1. The van der Waals surface area contributed by atoms with Crippen LogP contribution in [0, 0.1) is 6.92 Å². The zero-order valence-corrected chi connectivity index (χ0v) is 14.8. The van der Waals surface area contributed by atoms with E-state index >= 15 is 0 Å². The Balaban J connectivity index is 2.25. The van der Waals surface area contributed by atoms with Gasteiger partial charge in [-0.25, -0.2) is 4.79 Å². The molecule has 126 valence electrons. The van der Waals surface area contributed by atoms with E-state index in [1.54, 1.807) is 19.1 Å². The molecule has 8 heteroatoms. The molecule has 24 heavy (non-hydrogen) atoms. The highest BCUT2D eigenvalue weighted by Crippen LogP contribution is 2.31. The fraction of sp³-hybridized carbons (Fsp3) is 0.125. The summed E-state index contributed by atoms with van der Waals surface area (Å²) in [6.45, 7) is 1.40. The summed E-state index contributed by atoms with van der Waals surface area (Å²) in [6.07, 6.45) is 0. The van der Waals surface area contributed by atoms with Crippen LogP contribution in [0.15, 0.2) is 28.7 Å². The van der Waals surface area contributed by atoms with Crippen molar-refractivity contribution in [2.24, 2.45) is 0 Å². The third-order valence-corrected chi connectivity index (χ3v) is 4.29. The lowest BCUT2D eigenvalue weighted by atomic mass is 10.0. The normalized spacial score (nSPS) is 10.5. The number of hydrogen-bond donors (Lipinski definition) is 3. The Hall–Kier alpha value is -2.25. The van der Waals surface area contributed by atoms with E-state index in [4.69, 9.17) is 27.2 Å². The molecular weight excluding hydrogens is 402 g/mol. The minimum Gasteiger partial charge on any atom is -0.508 e. The number of aryl methyl sites for hydroxylation is 1. The molecule has 4 N–H and O–H groups in total. The molecule has 0 saturated carbocycles. The summed E-state index contributed by atoms with van der Waals surface area (Å²) in [4.78, 5) is 23.4. The molecule has 2 aromatic carbocycles. The van der Waals surface area contributed by atoms with Crippen LogP contribution < -0.4 is 10.5 Å². The summed E-state index contributed by atoms with van der Waals surface area (Å²) in [5.41, 5.74) is 5.79. The number of ketones is 1. The molecule has 2 aromatic rings. The number of ether oxygens (including phenoxy) is 1. The summed E-state index contributed by atoms with van der Waals surface area (Å²) in [5.74, 6) is -1.87. The number of nitrogen functional groups attached to an aromatic ring is 1. The van der Waals surface area contributed by atoms with E-state index in [9.17, 15) is 14.7 Å². The Bertz CT molecular complexity index is 838. The van der Waals surface area contributed by atoms with Gasteiger partial charge >= 0.3 is 5.97 Å². The van der Waals surface area contributed by atoms with Crippen molar-refractivity contribution in [3.63, 3.8) is 0 Å². The quantitative estimate of drug-likeness (QED) is 0.391. The Morgan fingerprint density at radius 1 is 1.25 bits per heavy atom. The van der Waals surface area contributed by atoms with E-state index < -0.39 is 11.8 Å². The largest absolute Gasteiger partial charge is 0.508 e. The Labute approximate surface area is 150 Å². The summed E-state index contributed by atoms with van der Waals surface area (Å²) in [5, 5.41) is 19.2. The van der Waals surface area contributed by atoms with Crippen molar-refractivity contribution in [1.29, 1.82) is 0 Å². The van der Waals surface area contributed by atoms with Gasteiger partial charge in [-0.1, -0.05) is 11.6 Å². The molecule has 0 unspecified atom stereocenters. The van der Waals surface area contributed by atoms with Crippen LogP contribution in [-0.4, -0.2) is 28.6 Å². The first-order valence-corrected chi connectivity index (χ1v) is 7.85. The molecule has 6 nitrogen and oxygen atoms in total. The topological polar surface area (TPSA) is 110 Å². The number of carboxylic acids is 1. The number of halogens is 2. The smallest absolute Gasteiger partial charge is 0.337 e. The second kappa shape index (κ2) is 7.11. The van der Waals surface area contributed by atoms with E-state index in [0.717, 1.165) is 17.7 Å². The highest BCUT2D eigenvalue weighted by Gasteiger charge is 2.19. The van der Waals surface area contributed by atoms with Crippen molar-refractivity contribution >= 4 is 45.0 Å². The summed E-state index contributed by atoms with van der Waals surface area (Å²) in [6, 6.07) is 5.39. The van der Waals surface area contributed by atoms with Gasteiger partial charge in [0.15, 0.2) is 6.61 Å². The number of anilines is 1. The van der Waals surface area contributed by atoms with Crippen LogP contribution in [-0.2, 0) is 0 Å². The Kier molecular flexibility index (Phi) is 5.36. The van der Waals surface area contributed by atoms with E-state index in [1.165, 1.54) is 0 Å². The summed E-state index contributed by atoms with van der Waals surface area (Å²) < 4.78 is 6.01. The first-order valence-electron chi connectivity index (χ1n) is 6.68. The standard InChI is InChI=1S/C16H13BrClNO5/c1-7-2-14(11(17)5-12(7)18)24-6-13(21)9-3-8(20)4-10(15(9)19)16(22)23/h2-5,20H,6,19H2,1H3,(H,22,23). The third-order valence-electron chi connectivity index (χ3n) is 3.27. The molecule has 0 radical (unpaired) electrons. The van der Waals surface area contributed by atoms with Gasteiger partial charge in [0.25, 0.3) is 0 Å². The number of aromatic carboxylic acids is 1. The number of nitrogens with two attached hydrogens (primary N) is 1. The van der Waals surface area contributed by atoms with E-state index in [2.05, 4.69) is 15.9 Å². The summed E-state index contributed by atoms with van der Waals surface area (Å²) >= 11 is 9.26. The van der Waals surface area contributed by atoms with E-state index in [-0.39, 0.29) is 29.2 Å². The van der Waals surface area contributed by atoms with E-state index in [0.29, 0.717) is 15.2 Å². The van der Waals surface area contributed by atoms with Crippen molar-refractivity contribution in [2.75, 3.05) is 12.3 Å². The summed E-state index contributed by atoms with van der Waals surface area (Å²) in [7, 11) is 0. The van der Waals surface area contributed by atoms with Gasteiger partial charge in [-0.15, -0.1) is 0 Å². The second-order valence-electron chi connectivity index (χ2n) is 5.00. The van der Waals surface area contributed by atoms with Crippen molar-refractivity contribution in [3.05, 3.63) is 50.5 Å². The van der Waals surface area contributed by atoms with Crippen molar-refractivity contribution in [1.82, 2.24) is 0 Å². The maximum Gasteiger partial charge on any atom is 0.337 e. The molecule has 0 aliphatic heterocycles. The minimum absolute atomic E-state index is 0.116. The third kappa shape index (κ3) is 3.80. The zero-order chi connectivity index (χ0) is 18.0. The number of Topliss-reactive ketones (excluding diaryl/α,β-unsaturated/α-hetero) is 1. The molecule has 0 spiro atoms. The average Bonchev–Trinajstić information content (AvgIpc) is 2.50. The fourth-order valence-electron chi connectivity index (χ4n) is 2.01. The first-order chi connectivity index (χ1) is 11.2. The Morgan fingerprint density at radius 3 is 2.50 bits per heavy atom. The van der Waals surface area contributed by atoms with Crippen LogP contribution in [0.1, 0.15) is 26.3 Å². The number of carbonyl (C=O) groups is 2. The van der Waals surface area contributed by atoms with Crippen LogP contribution in [0.5, 0.6) is 11.5 Å². The lowest BCUT2D eigenvalue weighted by Crippen LogP contribution is -2.16. The molecule has 0 bridgehead atoms. The minimum atomic E-state index is -1.34. The van der Waals surface area contributed by atoms with Gasteiger partial charge in [0, 0.05) is 10.6 Å². The predicted octanol–water partition coefficient (Wildman–Crippen LogP) is 3.66. The van der Waals surface area contributed by atoms with Crippen LogP contribution in [0.25, 0.3) is 0 Å². The van der Waals surface area contributed by atoms with E-state index in [1.807, 2.05) is 0 Å². The lowest BCUT2D eigenvalue weighted by molar-refractivity contribution is 0.0697. The number of carbonyl (C=O) groups excluding carboxylic acids is 1. The van der Waals surface area contributed by atoms with Crippen LogP contribution >= 0.6 is 27.5 Å². The van der Waals surface area contributed by atoms with Crippen molar-refractivity contribution in [2.45, 2.75) is 6.92 Å². The first kappa shape index (κ1) is 18.1. The van der Waals surface area contributed by atoms with Crippen LogP contribution in [0.4, 0.5) is 5.69 Å². The number of hydrogen-bond acceptors (Lipinski definition) is 5. The van der Waals surface area contributed by atoms with Crippen molar-refractivity contribution in [3.8, 4) is 11.5 Å². The highest BCUT2D eigenvalue weighted by molar-refractivity contribution is 9.10. The fourth-order valence-corrected chi connectivity index (χ4v) is 2.76. The monoisotopic (exact) mass is 413 g/mol. The number of carboxylic acid groups (broad SMARTS) is 1. The predicted molar refractivity (Wildman–Crippen MR) is 93.2 cm³/mol. The Morgan fingerprint density at radius 2 is 1.88 bits per heavy atom. The van der Waals surface area contributed by atoms with Gasteiger partial charge < -0.3 is 20.7 Å². The van der Waals surface area contributed by atoms with Gasteiger partial charge in [0.2, 0.25) is 5.78 Å². The number of aromatic hydroxyl groups is 1. The van der Waals surface area contributed by atoms with Crippen LogP contribution in [0.2, 0.25) is 5.02 Å². The molecule has 0 aliphatic carbocycles. The molecule has 0 amide bonds. The van der Waals surface area contributed by atoms with Crippen LogP contribution in [0.3, 0.4) is 0 Å². The molecule has 0 atom stereocenters. The number of phenolic OH excluding ortho intramolecular Hbond substituents is 1. The maximum absolute atomic E-state index is 12.3. The molecule has 0 aliphatic rings. The van der Waals surface area contributed by atoms with Gasteiger partial charge in [-0.05, 0) is 52.7 Å². The highest BCUT2D eigenvalue weighted by atomic mass is 79.9. The van der Waals surface area contributed by atoms with Gasteiger partial charge in [-0.2, -0.15) is 0 Å². The average molecular weight is 415 g/mol. The second-order valence-corrected chi connectivity index (χ2v) is 6.26. The molecule has 0 aromatic heterocycles. The number of benzene rings is 2. The molecule has 0 saturated heterocycles.